The van der Waals surface area contributed by atoms with Gasteiger partial charge in [0.15, 0.2) is 0 Å². The number of carbonyl (C=O) groups excluding carboxylic acids is 3. The molecule has 4 rings (SSSR count). The highest BCUT2D eigenvalue weighted by atomic mass is 16.6. The predicted molar refractivity (Wildman–Crippen MR) is 159 cm³/mol. The quantitative estimate of drug-likeness (QED) is 0.161. The van der Waals surface area contributed by atoms with Crippen LogP contribution in [0.2, 0.25) is 0 Å². The van der Waals surface area contributed by atoms with Gasteiger partial charge in [0.25, 0.3) is 5.91 Å². The van der Waals surface area contributed by atoms with Crippen molar-refractivity contribution < 1.29 is 33.8 Å². The number of aryl methyl sites for hydroxylation is 3. The fraction of sp³-hybridized carbons (Fsp3) is 0.152. The monoisotopic (exact) mass is 579 g/mol. The third-order valence-electron chi connectivity index (χ3n) is 6.20. The van der Waals surface area contributed by atoms with Crippen molar-refractivity contribution in [3.63, 3.8) is 0 Å². The molecule has 0 spiro atoms. The van der Waals surface area contributed by atoms with E-state index < -0.39 is 36.0 Å². The van der Waals surface area contributed by atoms with Crippen molar-refractivity contribution in [2.45, 2.75) is 33.0 Å². The Hall–Kier alpha value is -5.64. The molecule has 0 aliphatic heterocycles. The topological polar surface area (TPSA) is 144 Å². The molecule has 0 fully saturated rings. The molecule has 4 aromatic rings. The van der Waals surface area contributed by atoms with Crippen LogP contribution in [0.5, 0.6) is 0 Å². The lowest BCUT2D eigenvalue weighted by molar-refractivity contribution is -0.157. The molecule has 2 N–H and O–H groups in total. The lowest BCUT2D eigenvalue weighted by Crippen LogP contribution is -2.48. The molecule has 218 valence electrons. The average molecular weight is 580 g/mol. The van der Waals surface area contributed by atoms with Crippen LogP contribution in [-0.2, 0) is 19.1 Å². The van der Waals surface area contributed by atoms with Crippen molar-refractivity contribution >= 4 is 40.9 Å². The second kappa shape index (κ2) is 13.8. The average Bonchev–Trinajstić information content (AvgIpc) is 2.99. The normalized spacial score (nSPS) is 12.3. The highest BCUT2D eigenvalue weighted by molar-refractivity contribution is 6.01. The van der Waals surface area contributed by atoms with Gasteiger partial charge >= 0.3 is 17.9 Å². The summed E-state index contributed by atoms with van der Waals surface area (Å²) in [6.45, 7) is 5.48. The molecule has 43 heavy (non-hydrogen) atoms. The van der Waals surface area contributed by atoms with E-state index in [1.54, 1.807) is 50.2 Å². The summed E-state index contributed by atoms with van der Waals surface area (Å²) in [7, 11) is 0. The number of ether oxygens (including phenoxy) is 2. The van der Waals surface area contributed by atoms with Crippen molar-refractivity contribution in [2.75, 3.05) is 5.32 Å². The molecule has 1 amide bonds. The predicted octanol–water partition coefficient (Wildman–Crippen LogP) is 6.50. The van der Waals surface area contributed by atoms with E-state index in [1.165, 1.54) is 36.4 Å². The minimum atomic E-state index is -2.15. The number of amides is 1. The molecule has 0 saturated heterocycles. The third-order valence-corrected chi connectivity index (χ3v) is 6.20. The lowest BCUT2D eigenvalue weighted by atomic mass is 10.1. The number of carbonyl (C=O) groups is 4. The van der Waals surface area contributed by atoms with Crippen LogP contribution in [0, 0.1) is 20.8 Å². The number of hydrogen-bond donors (Lipinski definition) is 2. The Morgan fingerprint density at radius 3 is 1.56 bits per heavy atom. The van der Waals surface area contributed by atoms with Gasteiger partial charge in [-0.1, -0.05) is 53.1 Å². The zero-order valence-corrected chi connectivity index (χ0v) is 23.7. The van der Waals surface area contributed by atoms with Gasteiger partial charge in [-0.2, -0.15) is 10.2 Å². The van der Waals surface area contributed by atoms with Crippen LogP contribution in [-0.4, -0.2) is 41.1 Å². The zero-order valence-electron chi connectivity index (χ0n) is 23.7. The number of carboxylic acid groups (broad SMARTS) is 1. The molecule has 4 aromatic carbocycles. The van der Waals surface area contributed by atoms with E-state index in [0.717, 1.165) is 16.7 Å². The molecule has 0 aliphatic rings. The van der Waals surface area contributed by atoms with Gasteiger partial charge in [0.05, 0.1) is 22.5 Å². The van der Waals surface area contributed by atoms with E-state index in [4.69, 9.17) is 9.47 Å². The van der Waals surface area contributed by atoms with Gasteiger partial charge in [0, 0.05) is 5.69 Å². The number of esters is 2. The van der Waals surface area contributed by atoms with Gasteiger partial charge in [-0.05, 0) is 81.4 Å². The maximum atomic E-state index is 13.4. The molecule has 10 heteroatoms. The van der Waals surface area contributed by atoms with Crippen molar-refractivity contribution in [1.29, 1.82) is 0 Å². The van der Waals surface area contributed by atoms with Crippen molar-refractivity contribution in [2.24, 2.45) is 10.2 Å². The largest absolute Gasteiger partial charge is 0.478 e. The smallest absolute Gasteiger partial charge is 0.349 e. The number of rotatable bonds is 10. The Morgan fingerprint density at radius 2 is 1.09 bits per heavy atom. The third kappa shape index (κ3) is 8.43. The fourth-order valence-electron chi connectivity index (χ4n) is 3.96. The number of benzene rings is 4. The van der Waals surface area contributed by atoms with E-state index in [1.807, 2.05) is 31.2 Å². The number of azo groups is 1. The number of carboxylic acids is 1. The van der Waals surface area contributed by atoms with Gasteiger partial charge in [-0.15, -0.1) is 0 Å². The molecule has 0 bridgehead atoms. The Balaban J connectivity index is 1.56. The van der Waals surface area contributed by atoms with Crippen LogP contribution in [0.4, 0.5) is 17.1 Å². The molecular weight excluding hydrogens is 550 g/mol. The summed E-state index contributed by atoms with van der Waals surface area (Å²) in [5.41, 5.74) is 4.17. The second-order valence-electron chi connectivity index (χ2n) is 9.80. The number of nitrogens with zero attached hydrogens (tertiary/aromatic N) is 2. The van der Waals surface area contributed by atoms with Gasteiger partial charge in [-0.3, -0.25) is 4.79 Å². The Kier molecular flexibility index (Phi) is 9.74. The standard InChI is InChI=1S/C33H29N3O7/c1-20-10-12-26(13-11-20)35-36-27-16-14-25(15-17-27)34-30(37)28(42-32(40)23-8-4-6-21(2)18-23)29(31(38)39)43-33(41)24-9-5-7-22(3)19-24/h4-19,28-29H,1-3H3,(H,34,37)(H,38,39)/t28-,29-/m0/s1. The zero-order chi connectivity index (χ0) is 30.9. The lowest BCUT2D eigenvalue weighted by Gasteiger charge is -2.23. The summed E-state index contributed by atoms with van der Waals surface area (Å²) in [5, 5.41) is 20.8. The summed E-state index contributed by atoms with van der Waals surface area (Å²) in [4.78, 5) is 51.5. The van der Waals surface area contributed by atoms with Crippen LogP contribution >= 0.6 is 0 Å². The number of aliphatic carboxylic acids is 1. The second-order valence-corrected chi connectivity index (χ2v) is 9.80. The molecule has 0 heterocycles. The highest BCUT2D eigenvalue weighted by Gasteiger charge is 2.41. The maximum absolute atomic E-state index is 13.4. The van der Waals surface area contributed by atoms with Crippen LogP contribution in [0.1, 0.15) is 37.4 Å². The van der Waals surface area contributed by atoms with Gasteiger partial charge in [-0.25, -0.2) is 14.4 Å². The van der Waals surface area contributed by atoms with Gasteiger partial charge in [0.2, 0.25) is 12.2 Å². The molecule has 2 atom stereocenters. The van der Waals surface area contributed by atoms with Crippen molar-refractivity contribution in [3.8, 4) is 0 Å². The Labute approximate surface area is 248 Å². The molecule has 0 unspecified atom stereocenters. The Morgan fingerprint density at radius 1 is 0.628 bits per heavy atom. The summed E-state index contributed by atoms with van der Waals surface area (Å²) in [6.07, 6.45) is -4.18. The molecule has 0 saturated carbocycles. The summed E-state index contributed by atoms with van der Waals surface area (Å²) < 4.78 is 10.6. The van der Waals surface area contributed by atoms with Crippen LogP contribution in [0.25, 0.3) is 0 Å². The first-order valence-corrected chi connectivity index (χ1v) is 13.3. The van der Waals surface area contributed by atoms with E-state index in [2.05, 4.69) is 15.5 Å². The van der Waals surface area contributed by atoms with Crippen molar-refractivity contribution in [1.82, 2.24) is 0 Å². The van der Waals surface area contributed by atoms with E-state index in [0.29, 0.717) is 11.4 Å². The number of hydrogen-bond acceptors (Lipinski definition) is 8. The van der Waals surface area contributed by atoms with Gasteiger partial charge in [0.1, 0.15) is 0 Å². The minimum Gasteiger partial charge on any atom is -0.478 e. The van der Waals surface area contributed by atoms with Crippen LogP contribution in [0.3, 0.4) is 0 Å². The number of anilines is 1. The molecule has 0 radical (unpaired) electrons. The molecule has 0 aliphatic carbocycles. The summed E-state index contributed by atoms with van der Waals surface area (Å²) >= 11 is 0. The number of nitrogens with one attached hydrogen (secondary N) is 1. The van der Waals surface area contributed by atoms with Crippen molar-refractivity contribution in [3.05, 3.63) is 125 Å². The van der Waals surface area contributed by atoms with E-state index in [9.17, 15) is 24.3 Å². The first-order valence-electron chi connectivity index (χ1n) is 13.3. The first-order chi connectivity index (χ1) is 20.6. The maximum Gasteiger partial charge on any atom is 0.349 e. The van der Waals surface area contributed by atoms with E-state index >= 15 is 0 Å². The first kappa shape index (κ1) is 30.3. The van der Waals surface area contributed by atoms with Crippen LogP contribution < -0.4 is 5.32 Å². The SMILES string of the molecule is Cc1ccc(N=Nc2ccc(NC(=O)[C@@H](OC(=O)c3cccc(C)c3)[C@H](OC(=O)c3cccc(C)c3)C(=O)O)cc2)cc1. The summed E-state index contributed by atoms with van der Waals surface area (Å²) in [5.74, 6) is -4.65. The minimum absolute atomic E-state index is 0.0748. The Bertz CT molecular complexity index is 1660. The molecule has 0 aromatic heterocycles. The highest BCUT2D eigenvalue weighted by Crippen LogP contribution is 2.22. The molecule has 10 nitrogen and oxygen atoms in total. The van der Waals surface area contributed by atoms with E-state index in [-0.39, 0.29) is 16.8 Å². The summed E-state index contributed by atoms with van der Waals surface area (Å²) in [6, 6.07) is 26.4. The fourth-order valence-corrected chi connectivity index (χ4v) is 3.96. The van der Waals surface area contributed by atoms with Crippen LogP contribution in [0.15, 0.2) is 107 Å². The molecular formula is C33H29N3O7. The van der Waals surface area contributed by atoms with Gasteiger partial charge < -0.3 is 19.9 Å².